The zero-order chi connectivity index (χ0) is 16.9. The molecule has 5 nitrogen and oxygen atoms in total. The summed E-state index contributed by atoms with van der Waals surface area (Å²) in [5.41, 5.74) is 11.2. The Balaban J connectivity index is 1.69. The molecule has 2 aromatic rings. The summed E-state index contributed by atoms with van der Waals surface area (Å²) < 4.78 is 0. The van der Waals surface area contributed by atoms with Crippen molar-refractivity contribution in [1.82, 2.24) is 4.98 Å². The standard InChI is InChI=1S/C19H24N4O/c1-14-9-10-21-13-15(14)5-3-11-23-12-4-6-16-17(22-19(20)24)7-2-8-18(16)23/h2,7-10,13H,3-6,11-12H2,1H3,(H3,20,22,24). The van der Waals surface area contributed by atoms with Crippen molar-refractivity contribution >= 4 is 17.4 Å². The van der Waals surface area contributed by atoms with E-state index in [1.807, 2.05) is 24.5 Å². The fraction of sp³-hybridized carbons (Fsp3) is 0.368. The minimum Gasteiger partial charge on any atom is -0.371 e. The largest absolute Gasteiger partial charge is 0.371 e. The molecule has 0 atom stereocenters. The van der Waals surface area contributed by atoms with E-state index in [-0.39, 0.29) is 0 Å². The van der Waals surface area contributed by atoms with Crippen LogP contribution in [0, 0.1) is 6.92 Å². The third kappa shape index (κ3) is 3.67. The number of carbonyl (C=O) groups is 1. The van der Waals surface area contributed by atoms with Crippen molar-refractivity contribution in [3.63, 3.8) is 0 Å². The zero-order valence-corrected chi connectivity index (χ0v) is 14.1. The molecule has 0 bridgehead atoms. The molecule has 0 spiro atoms. The molecule has 1 aliphatic rings. The van der Waals surface area contributed by atoms with Gasteiger partial charge in [-0.15, -0.1) is 0 Å². The molecule has 24 heavy (non-hydrogen) atoms. The lowest BCUT2D eigenvalue weighted by Crippen LogP contribution is -2.31. The summed E-state index contributed by atoms with van der Waals surface area (Å²) in [6.07, 6.45) is 7.99. The molecule has 3 rings (SSSR count). The Morgan fingerprint density at radius 3 is 3.04 bits per heavy atom. The van der Waals surface area contributed by atoms with Gasteiger partial charge in [0.2, 0.25) is 0 Å². The van der Waals surface area contributed by atoms with Crippen molar-refractivity contribution < 1.29 is 4.79 Å². The van der Waals surface area contributed by atoms with Gasteiger partial charge in [0.05, 0.1) is 0 Å². The SMILES string of the molecule is Cc1ccncc1CCCN1CCCc2c(NC(N)=O)cccc21. The van der Waals surface area contributed by atoms with Gasteiger partial charge in [0.1, 0.15) is 0 Å². The predicted molar refractivity (Wildman–Crippen MR) is 97.5 cm³/mol. The van der Waals surface area contributed by atoms with Crippen LogP contribution in [-0.2, 0) is 12.8 Å². The fourth-order valence-electron chi connectivity index (χ4n) is 3.40. The number of amides is 2. The van der Waals surface area contributed by atoms with E-state index in [2.05, 4.69) is 34.3 Å². The molecule has 0 unspecified atom stereocenters. The summed E-state index contributed by atoms with van der Waals surface area (Å²) in [6, 6.07) is 7.59. The lowest BCUT2D eigenvalue weighted by atomic mass is 9.99. The van der Waals surface area contributed by atoms with Crippen LogP contribution in [0.25, 0.3) is 0 Å². The highest BCUT2D eigenvalue weighted by Crippen LogP contribution is 2.32. The maximum absolute atomic E-state index is 11.2. The van der Waals surface area contributed by atoms with Gasteiger partial charge >= 0.3 is 6.03 Å². The molecule has 126 valence electrons. The monoisotopic (exact) mass is 324 g/mol. The number of anilines is 2. The fourth-order valence-corrected chi connectivity index (χ4v) is 3.40. The van der Waals surface area contributed by atoms with Crippen LogP contribution in [0.1, 0.15) is 29.5 Å². The molecule has 0 aliphatic carbocycles. The second kappa shape index (κ2) is 7.34. The Morgan fingerprint density at radius 2 is 2.25 bits per heavy atom. The first-order chi connectivity index (χ1) is 11.6. The molecule has 0 saturated carbocycles. The number of benzene rings is 1. The predicted octanol–water partition coefficient (Wildman–Crippen LogP) is 3.27. The average Bonchev–Trinajstić information content (AvgIpc) is 2.57. The molecule has 1 aromatic carbocycles. The zero-order valence-electron chi connectivity index (χ0n) is 14.1. The van der Waals surface area contributed by atoms with Crippen LogP contribution in [0.5, 0.6) is 0 Å². The van der Waals surface area contributed by atoms with E-state index in [0.717, 1.165) is 44.5 Å². The molecular formula is C19H24N4O. The van der Waals surface area contributed by atoms with E-state index >= 15 is 0 Å². The van der Waals surface area contributed by atoms with Crippen LogP contribution < -0.4 is 16.0 Å². The maximum Gasteiger partial charge on any atom is 0.316 e. The highest BCUT2D eigenvalue weighted by atomic mass is 16.2. The van der Waals surface area contributed by atoms with Crippen molar-refractivity contribution in [2.45, 2.75) is 32.6 Å². The molecular weight excluding hydrogens is 300 g/mol. The molecule has 3 N–H and O–H groups in total. The van der Waals surface area contributed by atoms with Crippen LogP contribution in [0.15, 0.2) is 36.7 Å². The smallest absolute Gasteiger partial charge is 0.316 e. The number of urea groups is 1. The van der Waals surface area contributed by atoms with Gasteiger partial charge in [0, 0.05) is 36.9 Å². The Kier molecular flexibility index (Phi) is 4.99. The lowest BCUT2D eigenvalue weighted by Gasteiger charge is -2.32. The van der Waals surface area contributed by atoms with Crippen molar-refractivity contribution in [1.29, 1.82) is 0 Å². The summed E-state index contributed by atoms with van der Waals surface area (Å²) in [4.78, 5) is 17.8. The Bertz CT molecular complexity index is 729. The van der Waals surface area contributed by atoms with E-state index in [1.54, 1.807) is 0 Å². The maximum atomic E-state index is 11.2. The van der Waals surface area contributed by atoms with Crippen LogP contribution in [0.2, 0.25) is 0 Å². The van der Waals surface area contributed by atoms with Gasteiger partial charge < -0.3 is 16.0 Å². The number of aromatic nitrogens is 1. The number of hydrogen-bond acceptors (Lipinski definition) is 3. The van der Waals surface area contributed by atoms with E-state index in [1.165, 1.54) is 22.4 Å². The van der Waals surface area contributed by atoms with Crippen LogP contribution in [0.3, 0.4) is 0 Å². The quantitative estimate of drug-likeness (QED) is 0.887. The first-order valence-electron chi connectivity index (χ1n) is 8.48. The number of pyridine rings is 1. The minimum atomic E-state index is -0.507. The molecule has 1 aromatic heterocycles. The summed E-state index contributed by atoms with van der Waals surface area (Å²) >= 11 is 0. The molecule has 0 saturated heterocycles. The summed E-state index contributed by atoms with van der Waals surface area (Å²) in [7, 11) is 0. The Morgan fingerprint density at radius 1 is 1.38 bits per heavy atom. The van der Waals surface area contributed by atoms with Gasteiger partial charge in [-0.3, -0.25) is 4.98 Å². The summed E-state index contributed by atoms with van der Waals surface area (Å²) in [5, 5.41) is 2.75. The second-order valence-corrected chi connectivity index (χ2v) is 6.29. The highest BCUT2D eigenvalue weighted by molar-refractivity contribution is 5.90. The molecule has 5 heteroatoms. The number of nitrogens with one attached hydrogen (secondary N) is 1. The Hall–Kier alpha value is -2.56. The van der Waals surface area contributed by atoms with E-state index in [0.29, 0.717) is 0 Å². The number of nitrogens with two attached hydrogens (primary N) is 1. The molecule has 0 fully saturated rings. The number of primary amides is 1. The van der Waals surface area contributed by atoms with Crippen molar-refractivity contribution in [2.75, 3.05) is 23.3 Å². The van der Waals surface area contributed by atoms with Crippen LogP contribution in [0.4, 0.5) is 16.2 Å². The number of fused-ring (bicyclic) bond motifs is 1. The lowest BCUT2D eigenvalue weighted by molar-refractivity contribution is 0.259. The van der Waals surface area contributed by atoms with Crippen LogP contribution in [-0.4, -0.2) is 24.1 Å². The van der Waals surface area contributed by atoms with Gasteiger partial charge in [0.25, 0.3) is 0 Å². The average molecular weight is 324 g/mol. The van der Waals surface area contributed by atoms with Gasteiger partial charge in [0.15, 0.2) is 0 Å². The Labute approximate surface area is 142 Å². The van der Waals surface area contributed by atoms with Gasteiger partial charge in [-0.2, -0.15) is 0 Å². The number of hydrogen-bond donors (Lipinski definition) is 2. The van der Waals surface area contributed by atoms with E-state index < -0.39 is 6.03 Å². The molecule has 2 heterocycles. The summed E-state index contributed by atoms with van der Waals surface area (Å²) in [5.74, 6) is 0. The second-order valence-electron chi connectivity index (χ2n) is 6.29. The normalized spacial score (nSPS) is 13.5. The molecule has 2 amide bonds. The first-order valence-corrected chi connectivity index (χ1v) is 8.48. The minimum absolute atomic E-state index is 0.507. The number of rotatable bonds is 5. The highest BCUT2D eigenvalue weighted by Gasteiger charge is 2.19. The topological polar surface area (TPSA) is 71.2 Å². The third-order valence-corrected chi connectivity index (χ3v) is 4.63. The van der Waals surface area contributed by atoms with Crippen molar-refractivity contribution in [3.05, 3.63) is 53.3 Å². The number of aryl methyl sites for hydroxylation is 2. The van der Waals surface area contributed by atoms with Crippen LogP contribution >= 0.6 is 0 Å². The third-order valence-electron chi connectivity index (χ3n) is 4.63. The summed E-state index contributed by atoms with van der Waals surface area (Å²) in [6.45, 7) is 4.19. The van der Waals surface area contributed by atoms with E-state index in [9.17, 15) is 4.79 Å². The molecule has 1 aliphatic heterocycles. The number of carbonyl (C=O) groups excluding carboxylic acids is 1. The van der Waals surface area contributed by atoms with Crippen molar-refractivity contribution in [3.8, 4) is 0 Å². The first kappa shape index (κ1) is 16.3. The van der Waals surface area contributed by atoms with E-state index in [4.69, 9.17) is 5.73 Å². The van der Waals surface area contributed by atoms with Crippen molar-refractivity contribution in [2.24, 2.45) is 5.73 Å². The molecule has 0 radical (unpaired) electrons. The van der Waals surface area contributed by atoms with Gasteiger partial charge in [-0.25, -0.2) is 4.79 Å². The van der Waals surface area contributed by atoms with Gasteiger partial charge in [-0.05, 0) is 67.5 Å². The number of nitrogens with zero attached hydrogens (tertiary/aromatic N) is 2. The van der Waals surface area contributed by atoms with Gasteiger partial charge in [-0.1, -0.05) is 6.07 Å².